The van der Waals surface area contributed by atoms with Crippen LogP contribution in [0.1, 0.15) is 19.8 Å². The zero-order chi connectivity index (χ0) is 13.9. The van der Waals surface area contributed by atoms with Gasteiger partial charge < -0.3 is 5.32 Å². The minimum Gasteiger partial charge on any atom is -0.335 e. The first kappa shape index (κ1) is 14.4. The molecule has 1 aromatic rings. The van der Waals surface area contributed by atoms with Gasteiger partial charge in [0, 0.05) is 17.7 Å². The Morgan fingerprint density at radius 3 is 2.63 bits per heavy atom. The molecule has 6 heteroatoms. The van der Waals surface area contributed by atoms with E-state index in [1.54, 1.807) is 36.0 Å². The van der Waals surface area contributed by atoms with E-state index in [2.05, 4.69) is 17.2 Å². The lowest BCUT2D eigenvalue weighted by molar-refractivity contribution is 0.602. The standard InChI is InChI=1S/C13H18N2O2S2/c1-3-10-8-9-18-13(14-10)15-11-4-6-12(7-5-11)19(2,16)17/h4-7,10H,3,8-9H2,1-2H3,(H,14,15). The van der Waals surface area contributed by atoms with Gasteiger partial charge in [-0.1, -0.05) is 18.7 Å². The lowest BCUT2D eigenvalue weighted by Crippen LogP contribution is -2.19. The number of benzene rings is 1. The predicted octanol–water partition coefficient (Wildman–Crippen LogP) is 2.77. The molecule has 4 nitrogen and oxygen atoms in total. The molecule has 0 radical (unpaired) electrons. The smallest absolute Gasteiger partial charge is 0.175 e. The number of hydrogen-bond donors (Lipinski definition) is 1. The molecule has 0 aliphatic carbocycles. The van der Waals surface area contributed by atoms with Crippen LogP contribution in [0.2, 0.25) is 0 Å². The Morgan fingerprint density at radius 1 is 1.37 bits per heavy atom. The number of sulfone groups is 1. The van der Waals surface area contributed by atoms with Crippen molar-refractivity contribution < 1.29 is 8.42 Å². The highest BCUT2D eigenvalue weighted by Crippen LogP contribution is 2.22. The summed E-state index contributed by atoms with van der Waals surface area (Å²) >= 11 is 1.71. The molecule has 1 aliphatic heterocycles. The largest absolute Gasteiger partial charge is 0.335 e. The van der Waals surface area contributed by atoms with Crippen LogP contribution in [0.3, 0.4) is 0 Å². The molecule has 1 N–H and O–H groups in total. The molecule has 0 saturated carbocycles. The molecule has 0 saturated heterocycles. The Hall–Kier alpha value is -1.01. The van der Waals surface area contributed by atoms with Gasteiger partial charge in [0.2, 0.25) is 0 Å². The van der Waals surface area contributed by atoms with E-state index in [1.165, 1.54) is 6.26 Å². The molecule has 1 unspecified atom stereocenters. The molecular weight excluding hydrogens is 280 g/mol. The summed E-state index contributed by atoms with van der Waals surface area (Å²) in [7, 11) is -3.13. The fraction of sp³-hybridized carbons (Fsp3) is 0.462. The van der Waals surface area contributed by atoms with Crippen molar-refractivity contribution in [1.82, 2.24) is 0 Å². The summed E-state index contributed by atoms with van der Waals surface area (Å²) in [6, 6.07) is 7.18. The maximum atomic E-state index is 11.4. The average molecular weight is 298 g/mol. The fourth-order valence-electron chi connectivity index (χ4n) is 1.83. The lowest BCUT2D eigenvalue weighted by atomic mass is 10.2. The Morgan fingerprint density at radius 2 is 2.05 bits per heavy atom. The first-order valence-electron chi connectivity index (χ1n) is 6.27. The monoisotopic (exact) mass is 298 g/mol. The Bertz CT molecular complexity index is 565. The predicted molar refractivity (Wildman–Crippen MR) is 81.8 cm³/mol. The minimum absolute atomic E-state index is 0.336. The lowest BCUT2D eigenvalue weighted by Gasteiger charge is -2.19. The molecule has 1 atom stereocenters. The maximum absolute atomic E-state index is 11.4. The van der Waals surface area contributed by atoms with Gasteiger partial charge in [-0.2, -0.15) is 0 Å². The zero-order valence-corrected chi connectivity index (χ0v) is 12.7. The van der Waals surface area contributed by atoms with E-state index < -0.39 is 9.84 Å². The van der Waals surface area contributed by atoms with Crippen molar-refractivity contribution in [3.63, 3.8) is 0 Å². The number of thioether (sulfide) groups is 1. The van der Waals surface area contributed by atoms with E-state index in [-0.39, 0.29) is 0 Å². The summed E-state index contributed by atoms with van der Waals surface area (Å²) in [6.45, 7) is 2.14. The number of rotatable bonds is 3. The van der Waals surface area contributed by atoms with Crippen molar-refractivity contribution in [2.45, 2.75) is 30.7 Å². The first-order valence-corrected chi connectivity index (χ1v) is 9.14. The van der Waals surface area contributed by atoms with E-state index in [4.69, 9.17) is 0 Å². The second kappa shape index (κ2) is 5.96. The van der Waals surface area contributed by atoms with Crippen molar-refractivity contribution in [2.24, 2.45) is 4.99 Å². The highest BCUT2D eigenvalue weighted by molar-refractivity contribution is 8.14. The summed E-state index contributed by atoms with van der Waals surface area (Å²) in [6.07, 6.45) is 3.39. The van der Waals surface area contributed by atoms with Crippen LogP contribution in [0.4, 0.5) is 5.69 Å². The summed E-state index contributed by atoms with van der Waals surface area (Å²) in [4.78, 5) is 4.95. The topological polar surface area (TPSA) is 58.5 Å². The quantitative estimate of drug-likeness (QED) is 0.932. The van der Waals surface area contributed by atoms with E-state index in [0.29, 0.717) is 10.9 Å². The molecule has 1 aliphatic rings. The van der Waals surface area contributed by atoms with Crippen molar-refractivity contribution >= 4 is 32.5 Å². The van der Waals surface area contributed by atoms with Crippen molar-refractivity contribution in [1.29, 1.82) is 0 Å². The van der Waals surface area contributed by atoms with E-state index in [1.807, 2.05) is 0 Å². The van der Waals surface area contributed by atoms with Crippen molar-refractivity contribution in [3.05, 3.63) is 24.3 Å². The fourth-order valence-corrected chi connectivity index (χ4v) is 3.46. The molecule has 0 bridgehead atoms. The molecule has 0 amide bonds. The van der Waals surface area contributed by atoms with Gasteiger partial charge in [-0.15, -0.1) is 0 Å². The van der Waals surface area contributed by atoms with Crippen LogP contribution in [-0.4, -0.2) is 31.6 Å². The van der Waals surface area contributed by atoms with Crippen LogP contribution in [0.5, 0.6) is 0 Å². The third-order valence-corrected chi connectivity index (χ3v) is 5.04. The summed E-state index contributed by atoms with van der Waals surface area (Å²) in [5.41, 5.74) is 0.871. The molecule has 19 heavy (non-hydrogen) atoms. The van der Waals surface area contributed by atoms with E-state index in [9.17, 15) is 8.42 Å². The number of anilines is 1. The Balaban J connectivity index is 2.10. The van der Waals surface area contributed by atoms with Gasteiger partial charge in [0.05, 0.1) is 10.9 Å². The number of amidine groups is 1. The molecule has 1 aromatic carbocycles. The molecule has 1 heterocycles. The normalized spacial score (nSPS) is 19.9. The van der Waals surface area contributed by atoms with E-state index in [0.717, 1.165) is 29.4 Å². The van der Waals surface area contributed by atoms with Gasteiger partial charge in [0.1, 0.15) is 0 Å². The van der Waals surface area contributed by atoms with Gasteiger partial charge in [-0.25, -0.2) is 8.42 Å². The summed E-state index contributed by atoms with van der Waals surface area (Å²) < 4.78 is 22.7. The summed E-state index contributed by atoms with van der Waals surface area (Å²) in [5, 5.41) is 4.16. The molecule has 0 spiro atoms. The van der Waals surface area contributed by atoms with Crippen LogP contribution in [-0.2, 0) is 9.84 Å². The van der Waals surface area contributed by atoms with Crippen LogP contribution in [0.25, 0.3) is 0 Å². The number of aliphatic imine (C=N–C) groups is 1. The van der Waals surface area contributed by atoms with E-state index >= 15 is 0 Å². The molecular formula is C13H18N2O2S2. The second-order valence-corrected chi connectivity index (χ2v) is 7.65. The van der Waals surface area contributed by atoms with Gasteiger partial charge in [0.15, 0.2) is 15.0 Å². The van der Waals surface area contributed by atoms with Gasteiger partial charge in [0.25, 0.3) is 0 Å². The number of nitrogens with zero attached hydrogens (tertiary/aromatic N) is 1. The average Bonchev–Trinajstić information content (AvgIpc) is 2.38. The minimum atomic E-state index is -3.13. The van der Waals surface area contributed by atoms with Gasteiger partial charge in [-0.3, -0.25) is 4.99 Å². The van der Waals surface area contributed by atoms with Gasteiger partial charge >= 0.3 is 0 Å². The first-order chi connectivity index (χ1) is 8.99. The SMILES string of the molecule is CCC1CCSC(Nc2ccc(S(C)(=O)=O)cc2)=N1. The van der Waals surface area contributed by atoms with Crippen LogP contribution >= 0.6 is 11.8 Å². The Labute approximate surface area is 118 Å². The number of hydrogen-bond acceptors (Lipinski definition) is 5. The molecule has 0 fully saturated rings. The molecule has 104 valence electrons. The summed E-state index contributed by atoms with van der Waals surface area (Å²) in [5.74, 6) is 1.08. The third-order valence-electron chi connectivity index (χ3n) is 2.99. The van der Waals surface area contributed by atoms with Crippen molar-refractivity contribution in [2.75, 3.05) is 17.3 Å². The van der Waals surface area contributed by atoms with Gasteiger partial charge in [-0.05, 0) is 37.1 Å². The number of nitrogens with one attached hydrogen (secondary N) is 1. The maximum Gasteiger partial charge on any atom is 0.175 e. The highest BCUT2D eigenvalue weighted by atomic mass is 32.2. The second-order valence-electron chi connectivity index (χ2n) is 4.56. The van der Waals surface area contributed by atoms with Crippen LogP contribution in [0.15, 0.2) is 34.2 Å². The third kappa shape index (κ3) is 3.98. The van der Waals surface area contributed by atoms with Crippen LogP contribution in [0, 0.1) is 0 Å². The highest BCUT2D eigenvalue weighted by Gasteiger charge is 2.14. The van der Waals surface area contributed by atoms with Crippen molar-refractivity contribution in [3.8, 4) is 0 Å². The zero-order valence-electron chi connectivity index (χ0n) is 11.1. The van der Waals surface area contributed by atoms with Crippen LogP contribution < -0.4 is 5.32 Å². The molecule has 2 rings (SSSR count). The molecule has 0 aromatic heterocycles. The Kier molecular flexibility index (Phi) is 4.52.